The predicted molar refractivity (Wildman–Crippen MR) is 115 cm³/mol. The van der Waals surface area contributed by atoms with E-state index in [1.54, 1.807) is 0 Å². The fourth-order valence-corrected chi connectivity index (χ4v) is 3.81. The van der Waals surface area contributed by atoms with Crippen molar-refractivity contribution < 1.29 is 4.79 Å². The van der Waals surface area contributed by atoms with E-state index in [-0.39, 0.29) is 11.8 Å². The maximum Gasteiger partial charge on any atom is 0.227 e. The van der Waals surface area contributed by atoms with Crippen LogP contribution in [0.5, 0.6) is 0 Å². The molecule has 1 amide bonds. The fourth-order valence-electron chi connectivity index (χ4n) is 3.69. The predicted octanol–water partition coefficient (Wildman–Crippen LogP) is 4.66. The second-order valence-corrected chi connectivity index (χ2v) is 7.78. The summed E-state index contributed by atoms with van der Waals surface area (Å²) in [6.45, 7) is 7.50. The quantitative estimate of drug-likeness (QED) is 0.678. The van der Waals surface area contributed by atoms with Crippen LogP contribution in [0.15, 0.2) is 36.4 Å². The van der Waals surface area contributed by atoms with E-state index >= 15 is 0 Å². The standard InChI is InChI=1S/C22H29ClN4O/c1-3-5-14-26(4-2)22(28)18-7-6-15-27(16-18)21-13-12-20(24-25-21)17-8-10-19(23)11-9-17/h8-13,18H,3-7,14-16H2,1-2H3. The number of aromatic nitrogens is 2. The first-order valence-corrected chi connectivity index (χ1v) is 10.6. The highest BCUT2D eigenvalue weighted by Gasteiger charge is 2.29. The van der Waals surface area contributed by atoms with Crippen LogP contribution in [0.4, 0.5) is 5.82 Å². The van der Waals surface area contributed by atoms with Gasteiger partial charge in [0.15, 0.2) is 5.82 Å². The Morgan fingerprint density at radius 2 is 1.96 bits per heavy atom. The van der Waals surface area contributed by atoms with Crippen molar-refractivity contribution >= 4 is 23.3 Å². The molecule has 2 heterocycles. The van der Waals surface area contributed by atoms with Gasteiger partial charge in [0.1, 0.15) is 0 Å². The molecule has 6 heteroatoms. The Morgan fingerprint density at radius 1 is 1.18 bits per heavy atom. The van der Waals surface area contributed by atoms with Gasteiger partial charge in [-0.15, -0.1) is 10.2 Å². The Morgan fingerprint density at radius 3 is 2.61 bits per heavy atom. The number of benzene rings is 1. The molecular formula is C22H29ClN4O. The minimum absolute atomic E-state index is 0.0447. The van der Waals surface area contributed by atoms with Crippen LogP contribution >= 0.6 is 11.6 Å². The monoisotopic (exact) mass is 400 g/mol. The van der Waals surface area contributed by atoms with Crippen LogP contribution < -0.4 is 4.90 Å². The van der Waals surface area contributed by atoms with E-state index in [4.69, 9.17) is 11.6 Å². The SMILES string of the molecule is CCCCN(CC)C(=O)C1CCCN(c2ccc(-c3ccc(Cl)cc3)nn2)C1. The molecule has 0 bridgehead atoms. The van der Waals surface area contributed by atoms with Gasteiger partial charge in [0.25, 0.3) is 0 Å². The van der Waals surface area contributed by atoms with Gasteiger partial charge < -0.3 is 9.80 Å². The van der Waals surface area contributed by atoms with Gasteiger partial charge in [-0.2, -0.15) is 0 Å². The van der Waals surface area contributed by atoms with Crippen LogP contribution in [0, 0.1) is 5.92 Å². The number of hydrogen-bond donors (Lipinski definition) is 0. The summed E-state index contributed by atoms with van der Waals surface area (Å²) in [6.07, 6.45) is 4.13. The molecule has 1 aromatic heterocycles. The van der Waals surface area contributed by atoms with Gasteiger partial charge in [-0.1, -0.05) is 37.1 Å². The van der Waals surface area contributed by atoms with Crippen molar-refractivity contribution in [3.8, 4) is 11.3 Å². The Bertz CT molecular complexity index is 763. The highest BCUT2D eigenvalue weighted by Crippen LogP contribution is 2.25. The third-order valence-corrected chi connectivity index (χ3v) is 5.61. The van der Waals surface area contributed by atoms with Gasteiger partial charge in [-0.25, -0.2) is 0 Å². The van der Waals surface area contributed by atoms with Crippen molar-refractivity contribution in [2.45, 2.75) is 39.5 Å². The number of carbonyl (C=O) groups is 1. The first kappa shape index (κ1) is 20.6. The first-order chi connectivity index (χ1) is 13.6. The van der Waals surface area contributed by atoms with Crippen molar-refractivity contribution in [2.24, 2.45) is 5.92 Å². The molecule has 5 nitrogen and oxygen atoms in total. The van der Waals surface area contributed by atoms with Crippen LogP contribution in [-0.2, 0) is 4.79 Å². The van der Waals surface area contributed by atoms with Crippen LogP contribution in [0.1, 0.15) is 39.5 Å². The summed E-state index contributed by atoms with van der Waals surface area (Å²) in [5.41, 5.74) is 1.81. The number of unbranched alkanes of at least 4 members (excludes halogenated alkanes) is 1. The number of anilines is 1. The first-order valence-electron chi connectivity index (χ1n) is 10.3. The summed E-state index contributed by atoms with van der Waals surface area (Å²) < 4.78 is 0. The van der Waals surface area contributed by atoms with Gasteiger partial charge in [0.2, 0.25) is 5.91 Å². The van der Waals surface area contributed by atoms with Crippen molar-refractivity contribution in [1.82, 2.24) is 15.1 Å². The molecule has 0 saturated carbocycles. The molecule has 1 aliphatic heterocycles. The highest BCUT2D eigenvalue weighted by molar-refractivity contribution is 6.30. The third-order valence-electron chi connectivity index (χ3n) is 5.36. The van der Waals surface area contributed by atoms with E-state index in [1.807, 2.05) is 41.3 Å². The molecule has 28 heavy (non-hydrogen) atoms. The van der Waals surface area contributed by atoms with Crippen LogP contribution in [0.3, 0.4) is 0 Å². The Balaban J connectivity index is 1.66. The minimum atomic E-state index is 0.0447. The van der Waals surface area contributed by atoms with Gasteiger partial charge in [-0.3, -0.25) is 4.79 Å². The van der Waals surface area contributed by atoms with Crippen molar-refractivity contribution in [3.05, 3.63) is 41.4 Å². The molecule has 0 radical (unpaired) electrons. The molecule has 0 aliphatic carbocycles. The van der Waals surface area contributed by atoms with E-state index < -0.39 is 0 Å². The molecule has 1 unspecified atom stereocenters. The number of nitrogens with zero attached hydrogens (tertiary/aromatic N) is 4. The molecule has 3 rings (SSSR count). The summed E-state index contributed by atoms with van der Waals surface area (Å²) in [5, 5.41) is 9.52. The fraction of sp³-hybridized carbons (Fsp3) is 0.500. The molecule has 0 N–H and O–H groups in total. The van der Waals surface area contributed by atoms with Gasteiger partial charge >= 0.3 is 0 Å². The maximum atomic E-state index is 12.9. The van der Waals surface area contributed by atoms with Crippen LogP contribution in [0.2, 0.25) is 5.02 Å². The van der Waals surface area contributed by atoms with Crippen molar-refractivity contribution in [3.63, 3.8) is 0 Å². The maximum absolute atomic E-state index is 12.9. The Kier molecular flexibility index (Phi) is 7.26. The number of carbonyl (C=O) groups excluding carboxylic acids is 1. The van der Waals surface area contributed by atoms with E-state index in [2.05, 4.69) is 28.9 Å². The average molecular weight is 401 g/mol. The molecule has 1 aromatic carbocycles. The highest BCUT2D eigenvalue weighted by atomic mass is 35.5. The second kappa shape index (κ2) is 9.87. The molecule has 2 aromatic rings. The average Bonchev–Trinajstić information content (AvgIpc) is 2.75. The zero-order valence-electron chi connectivity index (χ0n) is 16.8. The summed E-state index contributed by atoms with van der Waals surface area (Å²) in [4.78, 5) is 17.1. The lowest BCUT2D eigenvalue weighted by molar-refractivity contribution is -0.135. The zero-order valence-corrected chi connectivity index (χ0v) is 17.5. The lowest BCUT2D eigenvalue weighted by Gasteiger charge is -2.35. The van der Waals surface area contributed by atoms with Crippen LogP contribution in [-0.4, -0.2) is 47.2 Å². The number of rotatable bonds is 7. The van der Waals surface area contributed by atoms with E-state index in [1.165, 1.54) is 0 Å². The number of amides is 1. The molecular weight excluding hydrogens is 372 g/mol. The molecule has 1 atom stereocenters. The largest absolute Gasteiger partial charge is 0.354 e. The molecule has 1 aliphatic rings. The lowest BCUT2D eigenvalue weighted by Crippen LogP contribution is -2.45. The number of piperidine rings is 1. The van der Waals surface area contributed by atoms with E-state index in [9.17, 15) is 4.79 Å². The van der Waals surface area contributed by atoms with E-state index in [0.29, 0.717) is 5.02 Å². The summed E-state index contributed by atoms with van der Waals surface area (Å²) >= 11 is 5.95. The number of halogens is 1. The second-order valence-electron chi connectivity index (χ2n) is 7.34. The van der Waals surface area contributed by atoms with Gasteiger partial charge in [0, 0.05) is 36.8 Å². The van der Waals surface area contributed by atoms with Gasteiger partial charge in [0.05, 0.1) is 11.6 Å². The topological polar surface area (TPSA) is 49.3 Å². The normalized spacial score (nSPS) is 16.8. The summed E-state index contributed by atoms with van der Waals surface area (Å²) in [5.74, 6) is 1.17. The third kappa shape index (κ3) is 5.02. The van der Waals surface area contributed by atoms with E-state index in [0.717, 1.165) is 68.9 Å². The summed E-state index contributed by atoms with van der Waals surface area (Å²) in [7, 11) is 0. The molecule has 1 fully saturated rings. The van der Waals surface area contributed by atoms with Crippen molar-refractivity contribution in [2.75, 3.05) is 31.1 Å². The minimum Gasteiger partial charge on any atom is -0.354 e. The smallest absolute Gasteiger partial charge is 0.227 e. The molecule has 150 valence electrons. The Hall–Kier alpha value is -2.14. The molecule has 0 spiro atoms. The lowest BCUT2D eigenvalue weighted by atomic mass is 9.96. The molecule has 1 saturated heterocycles. The van der Waals surface area contributed by atoms with Crippen LogP contribution in [0.25, 0.3) is 11.3 Å². The Labute approximate surface area is 172 Å². The summed E-state index contributed by atoms with van der Waals surface area (Å²) in [6, 6.07) is 11.6. The van der Waals surface area contributed by atoms with Crippen molar-refractivity contribution in [1.29, 1.82) is 0 Å². The zero-order chi connectivity index (χ0) is 19.9. The van der Waals surface area contributed by atoms with Gasteiger partial charge in [-0.05, 0) is 50.5 Å². The number of hydrogen-bond acceptors (Lipinski definition) is 4.